The van der Waals surface area contributed by atoms with Crippen LogP contribution in [-0.2, 0) is 0 Å². The monoisotopic (exact) mass is 242 g/mol. The summed E-state index contributed by atoms with van der Waals surface area (Å²) in [6.45, 7) is 9.23. The van der Waals surface area contributed by atoms with Crippen molar-refractivity contribution in [3.05, 3.63) is 5.82 Å². The van der Waals surface area contributed by atoms with Gasteiger partial charge in [-0.3, -0.25) is 0 Å². The van der Waals surface area contributed by atoms with Crippen LogP contribution in [0, 0.1) is 5.92 Å². The lowest BCUT2D eigenvalue weighted by Gasteiger charge is -2.17. The van der Waals surface area contributed by atoms with Gasteiger partial charge in [0.1, 0.15) is 5.82 Å². The second-order valence-corrected chi connectivity index (χ2v) is 5.57. The summed E-state index contributed by atoms with van der Waals surface area (Å²) in [5.41, 5.74) is 5.73. The minimum atomic E-state index is 0.299. The molecule has 1 rings (SSSR count). The highest BCUT2D eigenvalue weighted by Crippen LogP contribution is 2.19. The Morgan fingerprint density at radius 2 is 2.00 bits per heavy atom. The molecule has 0 saturated heterocycles. The van der Waals surface area contributed by atoms with Crippen LogP contribution in [0.1, 0.15) is 45.9 Å². The molecule has 0 aromatic carbocycles. The van der Waals surface area contributed by atoms with E-state index in [4.69, 9.17) is 5.73 Å². The Kier molecular flexibility index (Phi) is 5.15. The van der Waals surface area contributed by atoms with Crippen molar-refractivity contribution in [1.82, 2.24) is 9.36 Å². The highest BCUT2D eigenvalue weighted by molar-refractivity contribution is 7.09. The first kappa shape index (κ1) is 13.4. The minimum absolute atomic E-state index is 0.299. The maximum absolute atomic E-state index is 5.73. The summed E-state index contributed by atoms with van der Waals surface area (Å²) in [5, 5.41) is 4.24. The lowest BCUT2D eigenvalue weighted by atomic mass is 10.0. The first-order valence-corrected chi connectivity index (χ1v) is 6.60. The van der Waals surface area contributed by atoms with Gasteiger partial charge >= 0.3 is 0 Å². The average molecular weight is 242 g/mol. The molecule has 0 aliphatic heterocycles. The van der Waals surface area contributed by atoms with E-state index >= 15 is 0 Å². The number of nitrogens with one attached hydrogen (secondary N) is 1. The molecule has 0 saturated carbocycles. The Morgan fingerprint density at radius 1 is 1.31 bits per heavy atom. The van der Waals surface area contributed by atoms with E-state index < -0.39 is 0 Å². The van der Waals surface area contributed by atoms with Crippen LogP contribution in [0.25, 0.3) is 0 Å². The molecule has 0 amide bonds. The SMILES string of the molecule is CC(C)CC(CN)Nc1nc(C(C)C)ns1. The van der Waals surface area contributed by atoms with Crippen LogP contribution in [-0.4, -0.2) is 21.9 Å². The van der Waals surface area contributed by atoms with Gasteiger partial charge in [0.25, 0.3) is 0 Å². The Labute approximate surface area is 102 Å². The van der Waals surface area contributed by atoms with Gasteiger partial charge in [-0.15, -0.1) is 0 Å². The van der Waals surface area contributed by atoms with Crippen molar-refractivity contribution in [3.63, 3.8) is 0 Å². The van der Waals surface area contributed by atoms with Gasteiger partial charge < -0.3 is 11.1 Å². The van der Waals surface area contributed by atoms with E-state index in [9.17, 15) is 0 Å². The maximum atomic E-state index is 5.73. The molecule has 0 radical (unpaired) electrons. The molecule has 0 aliphatic carbocycles. The van der Waals surface area contributed by atoms with Gasteiger partial charge in [-0.1, -0.05) is 27.7 Å². The molecule has 4 nitrogen and oxygen atoms in total. The zero-order valence-corrected chi connectivity index (χ0v) is 11.3. The van der Waals surface area contributed by atoms with Gasteiger partial charge in [-0.25, -0.2) is 4.98 Å². The zero-order chi connectivity index (χ0) is 12.1. The standard InChI is InChI=1S/C11H22N4S/c1-7(2)5-9(6-12)13-11-14-10(8(3)4)15-16-11/h7-9H,5-6,12H2,1-4H3,(H,13,14,15). The van der Waals surface area contributed by atoms with E-state index in [2.05, 4.69) is 42.4 Å². The number of hydrogen-bond acceptors (Lipinski definition) is 5. The second-order valence-electron chi connectivity index (χ2n) is 4.82. The number of rotatable bonds is 6. The van der Waals surface area contributed by atoms with Crippen molar-refractivity contribution in [2.75, 3.05) is 11.9 Å². The molecule has 0 fully saturated rings. The summed E-state index contributed by atoms with van der Waals surface area (Å²) in [4.78, 5) is 4.45. The third kappa shape index (κ3) is 4.06. The Hall–Kier alpha value is -0.680. The number of nitrogens with zero attached hydrogens (tertiary/aromatic N) is 2. The summed E-state index contributed by atoms with van der Waals surface area (Å²) in [5.74, 6) is 1.93. The zero-order valence-electron chi connectivity index (χ0n) is 10.5. The van der Waals surface area contributed by atoms with Crippen LogP contribution < -0.4 is 11.1 Å². The Balaban J connectivity index is 2.56. The molecule has 0 aliphatic rings. The van der Waals surface area contributed by atoms with Gasteiger partial charge in [0.15, 0.2) is 0 Å². The quantitative estimate of drug-likeness (QED) is 0.804. The molecule has 1 aromatic heterocycles. The van der Waals surface area contributed by atoms with Crippen LogP contribution in [0.4, 0.5) is 5.13 Å². The molecule has 1 atom stereocenters. The first-order chi connectivity index (χ1) is 7.52. The molecule has 0 bridgehead atoms. The summed E-state index contributed by atoms with van der Waals surface area (Å²) in [6.07, 6.45) is 1.06. The summed E-state index contributed by atoms with van der Waals surface area (Å²) >= 11 is 1.42. The fourth-order valence-electron chi connectivity index (χ4n) is 1.49. The van der Waals surface area contributed by atoms with Crippen LogP contribution in [0.15, 0.2) is 0 Å². The topological polar surface area (TPSA) is 63.8 Å². The van der Waals surface area contributed by atoms with Crippen LogP contribution in [0.5, 0.6) is 0 Å². The third-order valence-electron chi connectivity index (χ3n) is 2.33. The second kappa shape index (κ2) is 6.15. The predicted molar refractivity (Wildman–Crippen MR) is 69.9 cm³/mol. The van der Waals surface area contributed by atoms with E-state index in [1.807, 2.05) is 0 Å². The highest BCUT2D eigenvalue weighted by atomic mass is 32.1. The van der Waals surface area contributed by atoms with Crippen LogP contribution in [0.2, 0.25) is 0 Å². The summed E-state index contributed by atoms with van der Waals surface area (Å²) in [7, 11) is 0. The van der Waals surface area contributed by atoms with Crippen molar-refractivity contribution in [1.29, 1.82) is 0 Å². The van der Waals surface area contributed by atoms with Crippen LogP contribution in [0.3, 0.4) is 0 Å². The third-order valence-corrected chi connectivity index (χ3v) is 2.99. The first-order valence-electron chi connectivity index (χ1n) is 5.83. The predicted octanol–water partition coefficient (Wildman–Crippen LogP) is 2.45. The van der Waals surface area contributed by atoms with E-state index in [1.165, 1.54) is 11.5 Å². The molecular formula is C11H22N4S. The average Bonchev–Trinajstić information content (AvgIpc) is 2.64. The van der Waals surface area contributed by atoms with Crippen molar-refractivity contribution in [2.24, 2.45) is 11.7 Å². The van der Waals surface area contributed by atoms with Gasteiger partial charge in [0, 0.05) is 30.0 Å². The maximum Gasteiger partial charge on any atom is 0.202 e. The molecule has 92 valence electrons. The smallest absolute Gasteiger partial charge is 0.202 e. The van der Waals surface area contributed by atoms with E-state index in [-0.39, 0.29) is 0 Å². The van der Waals surface area contributed by atoms with E-state index in [1.54, 1.807) is 0 Å². The summed E-state index contributed by atoms with van der Waals surface area (Å²) in [6, 6.07) is 0.299. The Bertz CT molecular complexity index is 309. The Morgan fingerprint density at radius 3 is 2.44 bits per heavy atom. The lowest BCUT2D eigenvalue weighted by molar-refractivity contribution is 0.521. The fraction of sp³-hybridized carbons (Fsp3) is 0.818. The van der Waals surface area contributed by atoms with Gasteiger partial charge in [0.05, 0.1) is 0 Å². The van der Waals surface area contributed by atoms with E-state index in [0.717, 1.165) is 17.4 Å². The van der Waals surface area contributed by atoms with E-state index in [0.29, 0.717) is 24.4 Å². The number of nitrogens with two attached hydrogens (primary N) is 1. The molecule has 16 heavy (non-hydrogen) atoms. The molecule has 0 spiro atoms. The molecule has 1 unspecified atom stereocenters. The number of anilines is 1. The van der Waals surface area contributed by atoms with Crippen molar-refractivity contribution in [3.8, 4) is 0 Å². The number of aromatic nitrogens is 2. The molecule has 3 N–H and O–H groups in total. The molecule has 5 heteroatoms. The van der Waals surface area contributed by atoms with Gasteiger partial charge in [-0.05, 0) is 12.3 Å². The van der Waals surface area contributed by atoms with Crippen LogP contribution >= 0.6 is 11.5 Å². The minimum Gasteiger partial charge on any atom is -0.356 e. The van der Waals surface area contributed by atoms with Gasteiger partial charge in [-0.2, -0.15) is 4.37 Å². The molecule has 1 heterocycles. The normalized spacial score (nSPS) is 13.4. The fourth-order valence-corrected chi connectivity index (χ4v) is 2.27. The van der Waals surface area contributed by atoms with Crippen molar-refractivity contribution >= 4 is 16.7 Å². The number of hydrogen-bond donors (Lipinski definition) is 2. The summed E-state index contributed by atoms with van der Waals surface area (Å²) < 4.78 is 4.31. The largest absolute Gasteiger partial charge is 0.356 e. The lowest BCUT2D eigenvalue weighted by Crippen LogP contribution is -2.30. The highest BCUT2D eigenvalue weighted by Gasteiger charge is 2.12. The van der Waals surface area contributed by atoms with Crippen molar-refractivity contribution in [2.45, 2.75) is 46.1 Å². The molecule has 1 aromatic rings. The van der Waals surface area contributed by atoms with Crippen molar-refractivity contribution < 1.29 is 0 Å². The molecular weight excluding hydrogens is 220 g/mol. The van der Waals surface area contributed by atoms with Gasteiger partial charge in [0.2, 0.25) is 5.13 Å².